The first-order valence-electron chi connectivity index (χ1n) is 8.64. The smallest absolute Gasteiger partial charge is 0.266 e. The maximum Gasteiger partial charge on any atom is 0.266 e. The van der Waals surface area contributed by atoms with E-state index in [0.29, 0.717) is 6.54 Å². The number of hydrogen-bond acceptors (Lipinski definition) is 5. The summed E-state index contributed by atoms with van der Waals surface area (Å²) in [4.78, 5) is 24.6. The van der Waals surface area contributed by atoms with Crippen LogP contribution >= 0.6 is 11.3 Å². The lowest BCUT2D eigenvalue weighted by atomic mass is 10.1. The van der Waals surface area contributed by atoms with Gasteiger partial charge in [-0.15, -0.1) is 11.3 Å². The zero-order chi connectivity index (χ0) is 16.8. The van der Waals surface area contributed by atoms with Gasteiger partial charge in [-0.3, -0.25) is 9.78 Å². The average Bonchev–Trinajstić information content (AvgIpc) is 2.95. The van der Waals surface area contributed by atoms with E-state index in [9.17, 15) is 4.79 Å². The molecule has 0 aromatic carbocycles. The summed E-state index contributed by atoms with van der Waals surface area (Å²) in [7, 11) is 0. The average molecular weight is 344 g/mol. The van der Waals surface area contributed by atoms with Gasteiger partial charge in [-0.1, -0.05) is 13.0 Å². The van der Waals surface area contributed by atoms with Gasteiger partial charge in [-0.25, -0.2) is 4.98 Å². The van der Waals surface area contributed by atoms with Crippen LogP contribution in [0, 0.1) is 0 Å². The van der Waals surface area contributed by atoms with E-state index in [4.69, 9.17) is 0 Å². The third-order valence-corrected chi connectivity index (χ3v) is 5.50. The summed E-state index contributed by atoms with van der Waals surface area (Å²) in [6.07, 6.45) is 7.49. The maximum atomic E-state index is 13.1. The van der Waals surface area contributed by atoms with Crippen molar-refractivity contribution in [2.45, 2.75) is 45.2 Å². The van der Waals surface area contributed by atoms with E-state index in [-0.39, 0.29) is 11.9 Å². The zero-order valence-corrected chi connectivity index (χ0v) is 14.9. The Morgan fingerprint density at radius 1 is 1.33 bits per heavy atom. The minimum atomic E-state index is 0.0877. The van der Waals surface area contributed by atoms with E-state index < -0.39 is 0 Å². The molecule has 1 atom stereocenters. The van der Waals surface area contributed by atoms with Crippen molar-refractivity contribution in [3.8, 4) is 0 Å². The number of nitrogens with zero attached hydrogens (tertiary/aromatic N) is 3. The lowest BCUT2D eigenvalue weighted by Gasteiger charge is -2.30. The fourth-order valence-corrected chi connectivity index (χ4v) is 3.87. The predicted molar refractivity (Wildman–Crippen MR) is 96.1 cm³/mol. The van der Waals surface area contributed by atoms with Crippen molar-refractivity contribution in [2.24, 2.45) is 0 Å². The summed E-state index contributed by atoms with van der Waals surface area (Å²) in [5.41, 5.74) is 0.934. The van der Waals surface area contributed by atoms with Gasteiger partial charge in [-0.2, -0.15) is 0 Å². The molecule has 2 aromatic heterocycles. The molecule has 2 aromatic rings. The zero-order valence-electron chi connectivity index (χ0n) is 14.1. The molecule has 1 aliphatic heterocycles. The van der Waals surface area contributed by atoms with Crippen LogP contribution in [0.3, 0.4) is 0 Å². The Kier molecular flexibility index (Phi) is 5.93. The highest BCUT2D eigenvalue weighted by Crippen LogP contribution is 2.22. The molecular formula is C18H24N4OS. The topological polar surface area (TPSA) is 58.1 Å². The van der Waals surface area contributed by atoms with E-state index in [2.05, 4.69) is 22.2 Å². The lowest BCUT2D eigenvalue weighted by Crippen LogP contribution is -2.40. The second kappa shape index (κ2) is 8.35. The van der Waals surface area contributed by atoms with Gasteiger partial charge in [0, 0.05) is 12.2 Å². The fourth-order valence-electron chi connectivity index (χ4n) is 3.06. The van der Waals surface area contributed by atoms with Crippen molar-refractivity contribution in [3.05, 3.63) is 46.2 Å². The van der Waals surface area contributed by atoms with Gasteiger partial charge in [0.1, 0.15) is 4.88 Å². The minimum absolute atomic E-state index is 0.0877. The van der Waals surface area contributed by atoms with Gasteiger partial charge in [0.15, 0.2) is 0 Å². The van der Waals surface area contributed by atoms with Gasteiger partial charge in [0.05, 0.1) is 23.4 Å². The van der Waals surface area contributed by atoms with Crippen molar-refractivity contribution in [3.63, 3.8) is 0 Å². The molecule has 128 valence electrons. The molecule has 1 amide bonds. The molecule has 0 bridgehead atoms. The number of rotatable bonds is 5. The largest absolute Gasteiger partial charge is 0.329 e. The monoisotopic (exact) mass is 344 g/mol. The van der Waals surface area contributed by atoms with Crippen LogP contribution in [-0.4, -0.2) is 39.9 Å². The number of aromatic nitrogens is 2. The van der Waals surface area contributed by atoms with Crippen molar-refractivity contribution >= 4 is 17.2 Å². The van der Waals surface area contributed by atoms with Gasteiger partial charge >= 0.3 is 0 Å². The highest BCUT2D eigenvalue weighted by molar-refractivity contribution is 7.13. The van der Waals surface area contributed by atoms with Gasteiger partial charge < -0.3 is 10.2 Å². The number of nitrogens with one attached hydrogen (secondary N) is 1. The summed E-state index contributed by atoms with van der Waals surface area (Å²) in [6.45, 7) is 4.61. The van der Waals surface area contributed by atoms with Crippen molar-refractivity contribution in [1.82, 2.24) is 20.2 Å². The Labute approximate surface area is 147 Å². The van der Waals surface area contributed by atoms with Crippen LogP contribution in [0.4, 0.5) is 0 Å². The molecule has 6 heteroatoms. The Morgan fingerprint density at radius 3 is 3.00 bits per heavy atom. The molecule has 0 spiro atoms. The van der Waals surface area contributed by atoms with E-state index in [1.54, 1.807) is 12.4 Å². The first-order chi connectivity index (χ1) is 11.8. The van der Waals surface area contributed by atoms with E-state index >= 15 is 0 Å². The van der Waals surface area contributed by atoms with E-state index in [0.717, 1.165) is 54.4 Å². The third-order valence-electron chi connectivity index (χ3n) is 4.37. The Balaban J connectivity index is 1.83. The van der Waals surface area contributed by atoms with Crippen LogP contribution in [0.2, 0.25) is 0 Å². The summed E-state index contributed by atoms with van der Waals surface area (Å²) < 4.78 is 0. The van der Waals surface area contributed by atoms with Crippen molar-refractivity contribution in [1.29, 1.82) is 0 Å². The lowest BCUT2D eigenvalue weighted by molar-refractivity contribution is 0.0647. The van der Waals surface area contributed by atoms with Crippen LogP contribution in [0.25, 0.3) is 0 Å². The molecule has 1 unspecified atom stereocenters. The second-order valence-corrected chi connectivity index (χ2v) is 7.18. The molecule has 24 heavy (non-hydrogen) atoms. The molecule has 5 nitrogen and oxygen atoms in total. The Hall–Kier alpha value is -1.79. The van der Waals surface area contributed by atoms with Gasteiger partial charge in [-0.05, 0) is 50.9 Å². The second-order valence-electron chi connectivity index (χ2n) is 6.06. The van der Waals surface area contributed by atoms with E-state index in [1.165, 1.54) is 11.3 Å². The molecule has 1 N–H and O–H groups in total. The Morgan fingerprint density at radius 2 is 2.25 bits per heavy atom. The molecular weight excluding hydrogens is 320 g/mol. The molecule has 0 aliphatic carbocycles. The fraction of sp³-hybridized carbons (Fsp3) is 0.500. The van der Waals surface area contributed by atoms with Crippen LogP contribution in [-0.2, 0) is 13.0 Å². The van der Waals surface area contributed by atoms with Crippen LogP contribution < -0.4 is 5.32 Å². The first kappa shape index (κ1) is 17.0. The number of hydrogen-bond donors (Lipinski definition) is 1. The normalized spacial score (nSPS) is 18.1. The number of carbonyl (C=O) groups excluding carboxylic acids is 1. The predicted octanol–water partition coefficient (Wildman–Crippen LogP) is 2.89. The van der Waals surface area contributed by atoms with Crippen LogP contribution in [0.1, 0.15) is 46.6 Å². The maximum absolute atomic E-state index is 13.1. The molecule has 3 rings (SSSR count). The summed E-state index contributed by atoms with van der Waals surface area (Å²) in [5, 5.41) is 4.44. The van der Waals surface area contributed by atoms with Gasteiger partial charge in [0.25, 0.3) is 5.91 Å². The highest BCUT2D eigenvalue weighted by Gasteiger charge is 2.27. The summed E-state index contributed by atoms with van der Waals surface area (Å²) in [5.74, 6) is 0.0877. The number of pyridine rings is 1. The molecule has 1 saturated heterocycles. The quantitative estimate of drug-likeness (QED) is 0.906. The van der Waals surface area contributed by atoms with Crippen LogP contribution in [0.15, 0.2) is 30.6 Å². The standard InChI is InChI=1S/C18H24N4OS/c1-2-17-21-12-16(24-17)18(23)22(13-14-6-3-4-10-20-14)15-7-5-9-19-11-8-15/h3-4,6,10,12,15,19H,2,5,7-9,11,13H2,1H3. The number of amides is 1. The molecule has 3 heterocycles. The summed E-state index contributed by atoms with van der Waals surface area (Å²) in [6, 6.07) is 6.12. The SMILES string of the molecule is CCc1ncc(C(=O)N(Cc2ccccn2)C2CCCNCC2)s1. The number of thiazole rings is 1. The Bertz CT molecular complexity index is 650. The van der Waals surface area contributed by atoms with Gasteiger partial charge in [0.2, 0.25) is 0 Å². The third kappa shape index (κ3) is 4.19. The molecule has 1 fully saturated rings. The van der Waals surface area contributed by atoms with Crippen molar-refractivity contribution in [2.75, 3.05) is 13.1 Å². The first-order valence-corrected chi connectivity index (χ1v) is 9.46. The van der Waals surface area contributed by atoms with E-state index in [1.807, 2.05) is 23.1 Å². The van der Waals surface area contributed by atoms with Crippen molar-refractivity contribution < 1.29 is 4.79 Å². The minimum Gasteiger partial charge on any atom is -0.329 e. The number of carbonyl (C=O) groups is 1. The van der Waals surface area contributed by atoms with Crippen LogP contribution in [0.5, 0.6) is 0 Å². The molecule has 0 saturated carbocycles. The summed E-state index contributed by atoms with van der Waals surface area (Å²) >= 11 is 1.51. The highest BCUT2D eigenvalue weighted by atomic mass is 32.1. The molecule has 0 radical (unpaired) electrons. The number of aryl methyl sites for hydroxylation is 1. The molecule has 1 aliphatic rings.